The van der Waals surface area contributed by atoms with Crippen molar-refractivity contribution in [2.75, 3.05) is 39.4 Å². The Morgan fingerprint density at radius 2 is 1.96 bits per heavy atom. The van der Waals surface area contributed by atoms with E-state index in [2.05, 4.69) is 39.9 Å². The Labute approximate surface area is 156 Å². The summed E-state index contributed by atoms with van der Waals surface area (Å²) in [5, 5.41) is 0. The molecule has 1 unspecified atom stereocenters. The number of nitrogens with zero attached hydrogens (tertiary/aromatic N) is 4. The second kappa shape index (κ2) is 8.25. The van der Waals surface area contributed by atoms with Crippen LogP contribution in [0, 0.1) is 6.92 Å². The molecule has 0 N–H and O–H groups in total. The van der Waals surface area contributed by atoms with Crippen molar-refractivity contribution in [2.24, 2.45) is 0 Å². The Balaban J connectivity index is 1.45. The zero-order valence-electron chi connectivity index (χ0n) is 15.6. The number of likely N-dealkylation sites (tertiary alicyclic amines) is 1. The molecule has 0 saturated carbocycles. The van der Waals surface area contributed by atoms with Crippen molar-refractivity contribution < 1.29 is 4.74 Å². The fraction of sp³-hybridized carbons (Fsp3) is 0.524. The molecule has 5 nitrogen and oxygen atoms in total. The standard InChI is InChI=1S/C21H28N4O/c1-17-4-5-19(15-24-9-11-26-12-10-24)21(23-17)20-6-8-25(16-20)14-18-3-2-7-22-13-18/h2-5,7,13,20H,6,8-12,14-16H2,1H3. The SMILES string of the molecule is Cc1ccc(CN2CCOCC2)c(C2CCN(Cc3cccnc3)C2)n1. The lowest BCUT2D eigenvalue weighted by Gasteiger charge is -2.28. The molecule has 0 radical (unpaired) electrons. The largest absolute Gasteiger partial charge is 0.379 e. The molecule has 2 aliphatic rings. The first-order valence-electron chi connectivity index (χ1n) is 9.66. The van der Waals surface area contributed by atoms with Crippen LogP contribution in [0.25, 0.3) is 0 Å². The first-order valence-corrected chi connectivity index (χ1v) is 9.66. The number of rotatable bonds is 5. The van der Waals surface area contributed by atoms with Crippen LogP contribution in [-0.4, -0.2) is 59.2 Å². The maximum Gasteiger partial charge on any atom is 0.0594 e. The summed E-state index contributed by atoms with van der Waals surface area (Å²) < 4.78 is 5.49. The summed E-state index contributed by atoms with van der Waals surface area (Å²) in [5.41, 5.74) is 5.12. The highest BCUT2D eigenvalue weighted by atomic mass is 16.5. The summed E-state index contributed by atoms with van der Waals surface area (Å²) in [4.78, 5) is 14.2. The minimum Gasteiger partial charge on any atom is -0.379 e. The molecule has 2 aliphatic heterocycles. The molecule has 4 heterocycles. The summed E-state index contributed by atoms with van der Waals surface area (Å²) in [6.07, 6.45) is 5.00. The van der Waals surface area contributed by atoms with Crippen LogP contribution in [0.15, 0.2) is 36.7 Å². The van der Waals surface area contributed by atoms with Crippen molar-refractivity contribution in [1.82, 2.24) is 19.8 Å². The Kier molecular flexibility index (Phi) is 5.58. The second-order valence-corrected chi connectivity index (χ2v) is 7.47. The maximum absolute atomic E-state index is 5.49. The zero-order valence-corrected chi connectivity index (χ0v) is 15.6. The molecule has 2 aromatic heterocycles. The van der Waals surface area contributed by atoms with E-state index in [1.807, 2.05) is 18.5 Å². The van der Waals surface area contributed by atoms with Crippen LogP contribution in [0.1, 0.15) is 34.9 Å². The lowest BCUT2D eigenvalue weighted by molar-refractivity contribution is 0.0340. The number of hydrogen-bond donors (Lipinski definition) is 0. The predicted octanol–water partition coefficient (Wildman–Crippen LogP) is 2.61. The van der Waals surface area contributed by atoms with Crippen LogP contribution >= 0.6 is 0 Å². The molecule has 0 spiro atoms. The smallest absolute Gasteiger partial charge is 0.0594 e. The van der Waals surface area contributed by atoms with Crippen molar-refractivity contribution >= 4 is 0 Å². The maximum atomic E-state index is 5.49. The van der Waals surface area contributed by atoms with Gasteiger partial charge in [0, 0.05) is 62.4 Å². The molecule has 0 bridgehead atoms. The number of morpholine rings is 1. The Hall–Kier alpha value is -1.82. The fourth-order valence-corrected chi connectivity index (χ4v) is 4.04. The predicted molar refractivity (Wildman–Crippen MR) is 102 cm³/mol. The molecule has 0 amide bonds. The van der Waals surface area contributed by atoms with Gasteiger partial charge in [0.1, 0.15) is 0 Å². The Bertz CT molecular complexity index is 715. The van der Waals surface area contributed by atoms with E-state index in [0.29, 0.717) is 5.92 Å². The summed E-state index contributed by atoms with van der Waals surface area (Å²) in [7, 11) is 0. The van der Waals surface area contributed by atoms with Crippen LogP contribution in [0.2, 0.25) is 0 Å². The molecule has 26 heavy (non-hydrogen) atoms. The van der Waals surface area contributed by atoms with Gasteiger partial charge in [-0.05, 0) is 43.1 Å². The molecule has 138 valence electrons. The third kappa shape index (κ3) is 4.29. The molecule has 4 rings (SSSR count). The van der Waals surface area contributed by atoms with E-state index in [1.165, 1.54) is 23.2 Å². The van der Waals surface area contributed by atoms with Crippen LogP contribution in [-0.2, 0) is 17.8 Å². The lowest BCUT2D eigenvalue weighted by atomic mass is 9.98. The van der Waals surface area contributed by atoms with E-state index in [4.69, 9.17) is 9.72 Å². The first-order chi connectivity index (χ1) is 12.8. The van der Waals surface area contributed by atoms with Crippen LogP contribution in [0.5, 0.6) is 0 Å². The topological polar surface area (TPSA) is 41.5 Å². The van der Waals surface area contributed by atoms with Crippen LogP contribution in [0.3, 0.4) is 0 Å². The molecule has 0 aliphatic carbocycles. The Morgan fingerprint density at radius 1 is 1.08 bits per heavy atom. The van der Waals surface area contributed by atoms with Gasteiger partial charge in [0.05, 0.1) is 13.2 Å². The third-order valence-electron chi connectivity index (χ3n) is 5.44. The van der Waals surface area contributed by atoms with Gasteiger partial charge in [-0.3, -0.25) is 19.8 Å². The third-order valence-corrected chi connectivity index (χ3v) is 5.44. The minimum absolute atomic E-state index is 0.530. The average molecular weight is 352 g/mol. The number of hydrogen-bond acceptors (Lipinski definition) is 5. The molecule has 5 heteroatoms. The van der Waals surface area contributed by atoms with E-state index in [1.54, 1.807) is 0 Å². The highest BCUT2D eigenvalue weighted by molar-refractivity contribution is 5.27. The van der Waals surface area contributed by atoms with E-state index in [0.717, 1.165) is 58.2 Å². The summed E-state index contributed by atoms with van der Waals surface area (Å²) in [6, 6.07) is 8.62. The van der Waals surface area contributed by atoms with Gasteiger partial charge in [0.15, 0.2) is 0 Å². The van der Waals surface area contributed by atoms with Gasteiger partial charge in [-0.25, -0.2) is 0 Å². The van der Waals surface area contributed by atoms with Gasteiger partial charge in [-0.15, -0.1) is 0 Å². The van der Waals surface area contributed by atoms with Gasteiger partial charge >= 0.3 is 0 Å². The van der Waals surface area contributed by atoms with E-state index < -0.39 is 0 Å². The fourth-order valence-electron chi connectivity index (χ4n) is 4.04. The quantitative estimate of drug-likeness (QED) is 0.827. The van der Waals surface area contributed by atoms with Gasteiger partial charge in [0.25, 0.3) is 0 Å². The molecule has 0 aromatic carbocycles. The molecule has 2 fully saturated rings. The summed E-state index contributed by atoms with van der Waals surface area (Å²) in [6.45, 7) is 10.0. The first kappa shape index (κ1) is 17.6. The van der Waals surface area contributed by atoms with E-state index in [9.17, 15) is 0 Å². The molecule has 2 aromatic rings. The number of pyridine rings is 2. The van der Waals surface area contributed by atoms with Gasteiger partial charge in [-0.1, -0.05) is 12.1 Å². The highest BCUT2D eigenvalue weighted by Crippen LogP contribution is 2.30. The number of aromatic nitrogens is 2. The molecule has 2 saturated heterocycles. The van der Waals surface area contributed by atoms with Gasteiger partial charge in [-0.2, -0.15) is 0 Å². The van der Waals surface area contributed by atoms with Gasteiger partial charge in [0.2, 0.25) is 0 Å². The molecule has 1 atom stereocenters. The zero-order chi connectivity index (χ0) is 17.8. The van der Waals surface area contributed by atoms with Crippen molar-refractivity contribution in [3.8, 4) is 0 Å². The van der Waals surface area contributed by atoms with E-state index >= 15 is 0 Å². The number of ether oxygens (including phenoxy) is 1. The van der Waals surface area contributed by atoms with E-state index in [-0.39, 0.29) is 0 Å². The summed E-state index contributed by atoms with van der Waals surface area (Å²) in [5.74, 6) is 0.530. The van der Waals surface area contributed by atoms with Gasteiger partial charge < -0.3 is 4.74 Å². The lowest BCUT2D eigenvalue weighted by Crippen LogP contribution is -2.36. The average Bonchev–Trinajstić information content (AvgIpc) is 3.13. The van der Waals surface area contributed by atoms with Crippen molar-refractivity contribution in [3.05, 3.63) is 59.2 Å². The van der Waals surface area contributed by atoms with Crippen molar-refractivity contribution in [3.63, 3.8) is 0 Å². The molecular formula is C21H28N4O. The van der Waals surface area contributed by atoms with Crippen molar-refractivity contribution in [2.45, 2.75) is 32.4 Å². The number of aryl methyl sites for hydroxylation is 1. The molecular weight excluding hydrogens is 324 g/mol. The monoisotopic (exact) mass is 352 g/mol. The summed E-state index contributed by atoms with van der Waals surface area (Å²) >= 11 is 0. The van der Waals surface area contributed by atoms with Crippen molar-refractivity contribution in [1.29, 1.82) is 0 Å². The second-order valence-electron chi connectivity index (χ2n) is 7.47. The Morgan fingerprint density at radius 3 is 2.77 bits per heavy atom. The minimum atomic E-state index is 0.530. The van der Waals surface area contributed by atoms with Crippen LogP contribution in [0.4, 0.5) is 0 Å². The highest BCUT2D eigenvalue weighted by Gasteiger charge is 2.27. The normalized spacial score (nSPS) is 22.0. The van der Waals surface area contributed by atoms with Crippen LogP contribution < -0.4 is 0 Å².